The van der Waals surface area contributed by atoms with E-state index in [4.69, 9.17) is 16.3 Å². The molecule has 1 aliphatic rings. The van der Waals surface area contributed by atoms with Crippen molar-refractivity contribution >= 4 is 34.7 Å². The summed E-state index contributed by atoms with van der Waals surface area (Å²) < 4.78 is 5.72. The molecule has 5 nitrogen and oxygen atoms in total. The minimum atomic E-state index is -1.13. The maximum absolute atomic E-state index is 12.1. The number of aliphatic carboxylic acids is 1. The lowest BCUT2D eigenvalue weighted by molar-refractivity contribution is -0.145. The van der Waals surface area contributed by atoms with E-state index < -0.39 is 12.1 Å². The zero-order valence-corrected chi connectivity index (χ0v) is 16.2. The van der Waals surface area contributed by atoms with Crippen LogP contribution in [0.5, 0.6) is 5.75 Å². The number of hydrogen-bond acceptors (Lipinski definition) is 4. The van der Waals surface area contributed by atoms with Crippen molar-refractivity contribution in [1.82, 2.24) is 0 Å². The number of carboxylic acids is 1. The molecular formula is C23H18ClNO4. The van der Waals surface area contributed by atoms with Gasteiger partial charge in [0.15, 0.2) is 5.78 Å². The molecule has 6 heteroatoms. The first kappa shape index (κ1) is 19.0. The van der Waals surface area contributed by atoms with Gasteiger partial charge >= 0.3 is 5.97 Å². The summed E-state index contributed by atoms with van der Waals surface area (Å²) >= 11 is 5.88. The normalized spacial score (nSPS) is 14.2. The third-order valence-electron chi connectivity index (χ3n) is 4.86. The van der Waals surface area contributed by atoms with Gasteiger partial charge in [-0.15, -0.1) is 0 Å². The van der Waals surface area contributed by atoms with Gasteiger partial charge in [-0.3, -0.25) is 4.79 Å². The van der Waals surface area contributed by atoms with Gasteiger partial charge in [-0.1, -0.05) is 35.9 Å². The van der Waals surface area contributed by atoms with Crippen molar-refractivity contribution in [2.24, 2.45) is 0 Å². The summed E-state index contributed by atoms with van der Waals surface area (Å²) in [4.78, 5) is 25.9. The number of carbonyl (C=O) groups excluding carboxylic acids is 1. The van der Waals surface area contributed by atoms with E-state index in [2.05, 4.69) is 4.90 Å². The number of benzene rings is 3. The highest BCUT2D eigenvalue weighted by Crippen LogP contribution is 2.34. The number of carboxylic acid groups (broad SMARTS) is 1. The molecular weight excluding hydrogens is 390 g/mol. The van der Waals surface area contributed by atoms with Gasteiger partial charge in [0.1, 0.15) is 5.75 Å². The predicted molar refractivity (Wildman–Crippen MR) is 111 cm³/mol. The van der Waals surface area contributed by atoms with Crippen LogP contribution in [0.1, 0.15) is 28.4 Å². The number of fused-ring (bicyclic) bond motifs is 1. The van der Waals surface area contributed by atoms with E-state index in [1.165, 1.54) is 0 Å². The molecule has 146 valence electrons. The van der Waals surface area contributed by atoms with E-state index in [-0.39, 0.29) is 5.78 Å². The number of Topliss-reactive ketones (excluding diaryl/α,β-unsaturated/α-hetero) is 1. The van der Waals surface area contributed by atoms with Crippen LogP contribution in [-0.4, -0.2) is 23.4 Å². The molecule has 1 atom stereocenters. The summed E-state index contributed by atoms with van der Waals surface area (Å²) in [6.07, 6.45) is -0.682. The summed E-state index contributed by atoms with van der Waals surface area (Å²) in [5, 5.41) is 10.1. The molecule has 0 saturated heterocycles. The molecule has 0 radical (unpaired) electrons. The molecule has 0 spiro atoms. The zero-order chi connectivity index (χ0) is 20.4. The molecule has 1 aliphatic heterocycles. The second kappa shape index (κ2) is 7.97. The van der Waals surface area contributed by atoms with Crippen LogP contribution in [0.15, 0.2) is 72.8 Å². The first-order valence-electron chi connectivity index (χ1n) is 9.18. The van der Waals surface area contributed by atoms with Crippen LogP contribution in [0.2, 0.25) is 5.02 Å². The summed E-state index contributed by atoms with van der Waals surface area (Å²) in [7, 11) is 0. The standard InChI is InChI=1S/C23H18ClNO4/c24-16-7-5-15(6-8-16)22(23(27)28)29-18-11-9-17(10-12-18)25-14-13-21(26)19-3-1-2-4-20(19)25/h1-12,22H,13-14H2,(H,27,28). The Hall–Kier alpha value is -3.31. The van der Waals surface area contributed by atoms with Gasteiger partial charge in [-0.25, -0.2) is 4.79 Å². The third kappa shape index (κ3) is 3.96. The number of halogens is 1. The molecule has 1 heterocycles. The molecule has 3 aromatic rings. The number of para-hydroxylation sites is 1. The Labute approximate surface area is 173 Å². The number of rotatable bonds is 5. The van der Waals surface area contributed by atoms with E-state index in [1.54, 1.807) is 36.4 Å². The first-order chi connectivity index (χ1) is 14.0. The van der Waals surface area contributed by atoms with Gasteiger partial charge in [-0.05, 0) is 48.5 Å². The van der Waals surface area contributed by atoms with Crippen molar-refractivity contribution in [2.75, 3.05) is 11.4 Å². The van der Waals surface area contributed by atoms with Crippen LogP contribution in [0.25, 0.3) is 0 Å². The predicted octanol–water partition coefficient (Wildman–Crippen LogP) is 5.27. The van der Waals surface area contributed by atoms with Crippen LogP contribution in [-0.2, 0) is 4.79 Å². The van der Waals surface area contributed by atoms with E-state index in [1.807, 2.05) is 36.4 Å². The molecule has 0 bridgehead atoms. The number of ether oxygens (including phenoxy) is 1. The number of carbonyl (C=O) groups is 2. The van der Waals surface area contributed by atoms with Crippen molar-refractivity contribution < 1.29 is 19.4 Å². The Bertz CT molecular complexity index is 1050. The van der Waals surface area contributed by atoms with Crippen LogP contribution >= 0.6 is 11.6 Å². The smallest absolute Gasteiger partial charge is 0.349 e. The summed E-state index contributed by atoms with van der Waals surface area (Å²) in [5.74, 6) is -0.499. The van der Waals surface area contributed by atoms with E-state index in [9.17, 15) is 14.7 Å². The second-order valence-corrected chi connectivity index (χ2v) is 7.16. The lowest BCUT2D eigenvalue weighted by atomic mass is 10.00. The molecule has 3 aromatic carbocycles. The molecule has 0 aliphatic carbocycles. The summed E-state index contributed by atoms with van der Waals surface area (Å²) in [6.45, 7) is 0.596. The van der Waals surface area contributed by atoms with Gasteiger partial charge in [0.2, 0.25) is 6.10 Å². The van der Waals surface area contributed by atoms with Gasteiger partial charge in [0.25, 0.3) is 0 Å². The SMILES string of the molecule is O=C1CCN(c2ccc(OC(C(=O)O)c3ccc(Cl)cc3)cc2)c2ccccc21. The van der Waals surface area contributed by atoms with Crippen LogP contribution in [0.4, 0.5) is 11.4 Å². The average molecular weight is 408 g/mol. The topological polar surface area (TPSA) is 66.8 Å². The Balaban J connectivity index is 1.56. The van der Waals surface area contributed by atoms with Gasteiger partial charge in [0.05, 0.1) is 5.69 Å². The van der Waals surface area contributed by atoms with Crippen molar-refractivity contribution in [3.05, 3.63) is 88.9 Å². The number of ketones is 1. The third-order valence-corrected chi connectivity index (χ3v) is 5.11. The molecule has 0 aromatic heterocycles. The Morgan fingerprint density at radius 2 is 1.69 bits per heavy atom. The van der Waals surface area contributed by atoms with Crippen LogP contribution < -0.4 is 9.64 Å². The van der Waals surface area contributed by atoms with Crippen molar-refractivity contribution in [3.63, 3.8) is 0 Å². The maximum atomic E-state index is 12.1. The molecule has 4 rings (SSSR count). The summed E-state index contributed by atoms with van der Waals surface area (Å²) in [6, 6.07) is 21.3. The van der Waals surface area contributed by atoms with Crippen LogP contribution in [0, 0.1) is 0 Å². The van der Waals surface area contributed by atoms with Gasteiger partial charge in [-0.2, -0.15) is 0 Å². The van der Waals surface area contributed by atoms with Crippen molar-refractivity contribution in [2.45, 2.75) is 12.5 Å². The van der Waals surface area contributed by atoms with E-state index >= 15 is 0 Å². The minimum Gasteiger partial charge on any atom is -0.478 e. The number of nitrogens with zero attached hydrogens (tertiary/aromatic N) is 1. The number of anilines is 2. The first-order valence-corrected chi connectivity index (χ1v) is 9.55. The minimum absolute atomic E-state index is 0.143. The maximum Gasteiger partial charge on any atom is 0.349 e. The van der Waals surface area contributed by atoms with Crippen molar-refractivity contribution in [3.8, 4) is 5.75 Å². The largest absolute Gasteiger partial charge is 0.478 e. The van der Waals surface area contributed by atoms with E-state index in [0.29, 0.717) is 34.9 Å². The fourth-order valence-electron chi connectivity index (χ4n) is 3.42. The highest BCUT2D eigenvalue weighted by Gasteiger charge is 2.24. The summed E-state index contributed by atoms with van der Waals surface area (Å²) in [5.41, 5.74) is 3.01. The lowest BCUT2D eigenvalue weighted by Gasteiger charge is -2.30. The Morgan fingerprint density at radius 1 is 1.00 bits per heavy atom. The van der Waals surface area contributed by atoms with Gasteiger partial charge < -0.3 is 14.7 Å². The molecule has 1 unspecified atom stereocenters. The molecule has 0 saturated carbocycles. The molecule has 1 N–H and O–H groups in total. The Kier molecular flexibility index (Phi) is 5.23. The Morgan fingerprint density at radius 3 is 2.38 bits per heavy atom. The molecule has 0 amide bonds. The average Bonchev–Trinajstić information content (AvgIpc) is 2.74. The highest BCUT2D eigenvalue weighted by molar-refractivity contribution is 6.30. The quantitative estimate of drug-likeness (QED) is 0.624. The second-order valence-electron chi connectivity index (χ2n) is 6.72. The van der Waals surface area contributed by atoms with Crippen LogP contribution in [0.3, 0.4) is 0 Å². The fourth-order valence-corrected chi connectivity index (χ4v) is 3.55. The monoisotopic (exact) mass is 407 g/mol. The lowest BCUT2D eigenvalue weighted by Crippen LogP contribution is -2.27. The van der Waals surface area contributed by atoms with E-state index in [0.717, 1.165) is 11.4 Å². The molecule has 29 heavy (non-hydrogen) atoms. The highest BCUT2D eigenvalue weighted by atomic mass is 35.5. The van der Waals surface area contributed by atoms with Gasteiger partial charge in [0, 0.05) is 34.8 Å². The fraction of sp³-hybridized carbons (Fsp3) is 0.130. The van der Waals surface area contributed by atoms with Crippen molar-refractivity contribution in [1.29, 1.82) is 0 Å². The zero-order valence-electron chi connectivity index (χ0n) is 15.4. The molecule has 0 fully saturated rings. The number of hydrogen-bond donors (Lipinski definition) is 1.